The third kappa shape index (κ3) is 1.78. The number of rotatable bonds is 1. The molecule has 0 aromatic heterocycles. The standard InChI is InChI=1S/C12H16ClNO/c1-7-4-8(13)5-10-9(7)6-11(15)12(10)14(2)3/h4-5,11-12,15H,6H2,1-3H3/t11-,12-/m1/s1. The third-order valence-electron chi connectivity index (χ3n) is 3.12. The lowest BCUT2D eigenvalue weighted by molar-refractivity contribution is 0.0902. The van der Waals surface area contributed by atoms with E-state index in [9.17, 15) is 5.11 Å². The van der Waals surface area contributed by atoms with E-state index in [1.807, 2.05) is 31.1 Å². The predicted octanol–water partition coefficient (Wildman–Crippen LogP) is 2.17. The van der Waals surface area contributed by atoms with Gasteiger partial charge in [-0.3, -0.25) is 0 Å². The van der Waals surface area contributed by atoms with Gasteiger partial charge in [0.15, 0.2) is 0 Å². The van der Waals surface area contributed by atoms with E-state index in [4.69, 9.17) is 11.6 Å². The zero-order valence-corrected chi connectivity index (χ0v) is 10.0. The number of hydrogen-bond acceptors (Lipinski definition) is 2. The molecule has 0 heterocycles. The summed E-state index contributed by atoms with van der Waals surface area (Å²) in [4.78, 5) is 2.05. The van der Waals surface area contributed by atoms with Gasteiger partial charge >= 0.3 is 0 Å². The first kappa shape index (κ1) is 10.9. The Hall–Kier alpha value is -0.570. The quantitative estimate of drug-likeness (QED) is 0.792. The molecule has 3 heteroatoms. The van der Waals surface area contributed by atoms with Gasteiger partial charge in [0.1, 0.15) is 0 Å². The lowest BCUT2D eigenvalue weighted by Gasteiger charge is -2.23. The molecule has 1 N–H and O–H groups in total. The summed E-state index contributed by atoms with van der Waals surface area (Å²) in [6, 6.07) is 4.02. The number of aliphatic hydroxyl groups excluding tert-OH is 1. The van der Waals surface area contributed by atoms with Gasteiger partial charge < -0.3 is 10.0 Å². The van der Waals surface area contributed by atoms with Crippen molar-refractivity contribution in [1.29, 1.82) is 0 Å². The molecule has 0 saturated carbocycles. The van der Waals surface area contributed by atoms with Gasteiger partial charge in [-0.25, -0.2) is 0 Å². The average Bonchev–Trinajstić information content (AvgIpc) is 2.41. The molecule has 2 atom stereocenters. The second-order valence-electron chi connectivity index (χ2n) is 4.47. The van der Waals surface area contributed by atoms with Crippen LogP contribution < -0.4 is 0 Å². The normalized spacial score (nSPS) is 24.7. The highest BCUT2D eigenvalue weighted by Crippen LogP contribution is 2.38. The highest BCUT2D eigenvalue weighted by Gasteiger charge is 2.33. The minimum atomic E-state index is -0.313. The Kier molecular flexibility index (Phi) is 2.75. The number of halogens is 1. The first-order valence-electron chi connectivity index (χ1n) is 5.14. The second-order valence-corrected chi connectivity index (χ2v) is 4.91. The third-order valence-corrected chi connectivity index (χ3v) is 3.34. The maximum absolute atomic E-state index is 10.0. The molecular weight excluding hydrogens is 210 g/mol. The summed E-state index contributed by atoms with van der Waals surface area (Å²) in [7, 11) is 3.97. The highest BCUT2D eigenvalue weighted by molar-refractivity contribution is 6.30. The number of fused-ring (bicyclic) bond motifs is 1. The van der Waals surface area contributed by atoms with Crippen molar-refractivity contribution in [3.8, 4) is 0 Å². The molecule has 2 nitrogen and oxygen atoms in total. The van der Waals surface area contributed by atoms with Crippen molar-refractivity contribution in [3.63, 3.8) is 0 Å². The summed E-state index contributed by atoms with van der Waals surface area (Å²) in [5.74, 6) is 0. The number of aryl methyl sites for hydroxylation is 1. The Morgan fingerprint density at radius 2 is 2.07 bits per heavy atom. The van der Waals surface area contributed by atoms with Crippen molar-refractivity contribution in [1.82, 2.24) is 4.90 Å². The van der Waals surface area contributed by atoms with Crippen LogP contribution in [0.2, 0.25) is 5.02 Å². The van der Waals surface area contributed by atoms with Crippen LogP contribution >= 0.6 is 11.6 Å². The van der Waals surface area contributed by atoms with E-state index in [-0.39, 0.29) is 12.1 Å². The Labute approximate surface area is 95.5 Å². The maximum Gasteiger partial charge on any atom is 0.0777 e. The monoisotopic (exact) mass is 225 g/mol. The first-order chi connectivity index (χ1) is 7.00. The van der Waals surface area contributed by atoms with E-state index >= 15 is 0 Å². The molecular formula is C12H16ClNO. The van der Waals surface area contributed by atoms with E-state index in [1.165, 1.54) is 16.7 Å². The van der Waals surface area contributed by atoms with E-state index in [2.05, 4.69) is 6.92 Å². The summed E-state index contributed by atoms with van der Waals surface area (Å²) in [6.45, 7) is 2.05. The molecule has 0 amide bonds. The molecule has 0 saturated heterocycles. The smallest absolute Gasteiger partial charge is 0.0777 e. The van der Waals surface area contributed by atoms with Crippen molar-refractivity contribution < 1.29 is 5.11 Å². The van der Waals surface area contributed by atoms with Crippen LogP contribution in [0, 0.1) is 6.92 Å². The van der Waals surface area contributed by atoms with Crippen molar-refractivity contribution in [2.45, 2.75) is 25.5 Å². The molecule has 82 valence electrons. The van der Waals surface area contributed by atoms with Crippen LogP contribution in [0.5, 0.6) is 0 Å². The van der Waals surface area contributed by atoms with Crippen molar-refractivity contribution in [2.75, 3.05) is 14.1 Å². The fourth-order valence-corrected chi connectivity index (χ4v) is 2.77. The van der Waals surface area contributed by atoms with Gasteiger partial charge in [0.25, 0.3) is 0 Å². The second kappa shape index (κ2) is 3.78. The largest absolute Gasteiger partial charge is 0.391 e. The molecule has 1 aliphatic carbocycles. The number of nitrogens with zero attached hydrogens (tertiary/aromatic N) is 1. The zero-order chi connectivity index (χ0) is 11.2. The van der Waals surface area contributed by atoms with E-state index in [1.54, 1.807) is 0 Å². The van der Waals surface area contributed by atoms with Gasteiger partial charge in [-0.2, -0.15) is 0 Å². The predicted molar refractivity (Wildman–Crippen MR) is 62.3 cm³/mol. The van der Waals surface area contributed by atoms with Gasteiger partial charge in [0, 0.05) is 11.4 Å². The lowest BCUT2D eigenvalue weighted by atomic mass is 10.0. The molecule has 0 bridgehead atoms. The summed E-state index contributed by atoms with van der Waals surface area (Å²) in [6.07, 6.45) is 0.424. The van der Waals surface area contributed by atoms with Gasteiger partial charge in [-0.1, -0.05) is 11.6 Å². The van der Waals surface area contributed by atoms with E-state index in [0.717, 1.165) is 11.4 Å². The fraction of sp³-hybridized carbons (Fsp3) is 0.500. The van der Waals surface area contributed by atoms with Crippen LogP contribution in [0.4, 0.5) is 0 Å². The molecule has 15 heavy (non-hydrogen) atoms. The Morgan fingerprint density at radius 1 is 1.40 bits per heavy atom. The molecule has 1 aliphatic rings. The van der Waals surface area contributed by atoms with Crippen molar-refractivity contribution >= 4 is 11.6 Å². The van der Waals surface area contributed by atoms with Crippen molar-refractivity contribution in [3.05, 3.63) is 33.8 Å². The van der Waals surface area contributed by atoms with Crippen molar-refractivity contribution in [2.24, 2.45) is 0 Å². The van der Waals surface area contributed by atoms with Crippen LogP contribution in [0.25, 0.3) is 0 Å². The van der Waals surface area contributed by atoms with Gasteiger partial charge in [-0.05, 0) is 49.8 Å². The maximum atomic E-state index is 10.0. The van der Waals surface area contributed by atoms with Gasteiger partial charge in [-0.15, -0.1) is 0 Å². The molecule has 0 radical (unpaired) electrons. The molecule has 2 rings (SSSR count). The average molecular weight is 226 g/mol. The topological polar surface area (TPSA) is 23.5 Å². The van der Waals surface area contributed by atoms with Crippen LogP contribution in [0.1, 0.15) is 22.7 Å². The van der Waals surface area contributed by atoms with E-state index < -0.39 is 0 Å². The van der Waals surface area contributed by atoms with Crippen LogP contribution in [-0.4, -0.2) is 30.2 Å². The minimum absolute atomic E-state index is 0.0809. The molecule has 0 fully saturated rings. The number of benzene rings is 1. The first-order valence-corrected chi connectivity index (χ1v) is 5.52. The SMILES string of the molecule is Cc1cc(Cl)cc2c1C[C@@H](O)[C@@H]2N(C)C. The number of aliphatic hydroxyl groups is 1. The van der Waals surface area contributed by atoms with Crippen LogP contribution in [-0.2, 0) is 6.42 Å². The summed E-state index contributed by atoms with van der Waals surface area (Å²) in [5.41, 5.74) is 3.61. The zero-order valence-electron chi connectivity index (χ0n) is 9.29. The molecule has 0 aliphatic heterocycles. The summed E-state index contributed by atoms with van der Waals surface area (Å²) in [5, 5.41) is 10.8. The number of hydrogen-bond donors (Lipinski definition) is 1. The Balaban J connectivity index is 2.53. The molecule has 1 aromatic carbocycles. The molecule has 0 unspecified atom stereocenters. The molecule has 1 aromatic rings. The lowest BCUT2D eigenvalue weighted by Crippen LogP contribution is -2.27. The van der Waals surface area contributed by atoms with E-state index in [0.29, 0.717) is 0 Å². The summed E-state index contributed by atoms with van der Waals surface area (Å²) >= 11 is 6.05. The Bertz CT molecular complexity index is 389. The van der Waals surface area contributed by atoms with Gasteiger partial charge in [0.2, 0.25) is 0 Å². The van der Waals surface area contributed by atoms with Gasteiger partial charge in [0.05, 0.1) is 12.1 Å². The van der Waals surface area contributed by atoms with Crippen LogP contribution in [0.15, 0.2) is 12.1 Å². The fourth-order valence-electron chi connectivity index (χ4n) is 2.49. The van der Waals surface area contributed by atoms with Crippen LogP contribution in [0.3, 0.4) is 0 Å². The Morgan fingerprint density at radius 3 is 2.67 bits per heavy atom. The highest BCUT2D eigenvalue weighted by atomic mass is 35.5. The number of likely N-dealkylation sites (N-methyl/N-ethyl adjacent to an activating group) is 1. The molecule has 0 spiro atoms. The summed E-state index contributed by atoms with van der Waals surface area (Å²) < 4.78 is 0. The minimum Gasteiger partial charge on any atom is -0.391 e.